The molecular formula is C21H29N3O4S. The Bertz CT molecular complexity index is 893. The number of hydrogen-bond acceptors (Lipinski definition) is 4. The van der Waals surface area contributed by atoms with E-state index in [4.69, 9.17) is 0 Å². The minimum Gasteiger partial charge on any atom is -0.353 e. The smallest absolute Gasteiger partial charge is 0.243 e. The summed E-state index contributed by atoms with van der Waals surface area (Å²) in [6.45, 7) is 0.665. The molecule has 1 unspecified atom stereocenters. The van der Waals surface area contributed by atoms with Gasteiger partial charge in [-0.3, -0.25) is 9.59 Å². The zero-order chi connectivity index (χ0) is 20.4. The van der Waals surface area contributed by atoms with E-state index in [2.05, 4.69) is 10.6 Å². The second-order valence-electron chi connectivity index (χ2n) is 8.41. The van der Waals surface area contributed by atoms with Crippen LogP contribution in [-0.2, 0) is 26.0 Å². The molecule has 4 rings (SSSR count). The van der Waals surface area contributed by atoms with Gasteiger partial charge in [0.1, 0.15) is 0 Å². The Morgan fingerprint density at radius 1 is 1.07 bits per heavy atom. The number of nitrogens with zero attached hydrogens (tertiary/aromatic N) is 1. The minimum atomic E-state index is -3.67. The maximum absolute atomic E-state index is 13.2. The van der Waals surface area contributed by atoms with Crippen molar-refractivity contribution >= 4 is 27.5 Å². The van der Waals surface area contributed by atoms with Crippen molar-refractivity contribution in [2.24, 2.45) is 5.92 Å². The number of amides is 2. The first-order valence-corrected chi connectivity index (χ1v) is 12.1. The maximum atomic E-state index is 13.2. The Hall–Kier alpha value is -1.93. The molecule has 2 fully saturated rings. The monoisotopic (exact) mass is 419 g/mol. The van der Waals surface area contributed by atoms with Gasteiger partial charge >= 0.3 is 0 Å². The molecule has 1 saturated heterocycles. The van der Waals surface area contributed by atoms with E-state index in [1.54, 1.807) is 18.2 Å². The van der Waals surface area contributed by atoms with Crippen molar-refractivity contribution in [2.75, 3.05) is 18.4 Å². The minimum absolute atomic E-state index is 0.0126. The summed E-state index contributed by atoms with van der Waals surface area (Å²) in [6.07, 6.45) is 7.56. The first-order valence-electron chi connectivity index (χ1n) is 10.7. The van der Waals surface area contributed by atoms with Gasteiger partial charge in [0.2, 0.25) is 21.8 Å². The molecule has 29 heavy (non-hydrogen) atoms. The lowest BCUT2D eigenvalue weighted by Crippen LogP contribution is -2.47. The van der Waals surface area contributed by atoms with Gasteiger partial charge < -0.3 is 10.6 Å². The number of piperidine rings is 1. The predicted octanol–water partition coefficient (Wildman–Crippen LogP) is 2.42. The molecule has 0 radical (unpaired) electrons. The van der Waals surface area contributed by atoms with Crippen LogP contribution < -0.4 is 10.6 Å². The highest BCUT2D eigenvalue weighted by Gasteiger charge is 2.34. The van der Waals surface area contributed by atoms with Crippen LogP contribution in [-0.4, -0.2) is 43.7 Å². The molecule has 2 N–H and O–H groups in total. The number of aryl methyl sites for hydroxylation is 1. The summed E-state index contributed by atoms with van der Waals surface area (Å²) in [4.78, 5) is 24.6. The summed E-state index contributed by atoms with van der Waals surface area (Å²) < 4.78 is 27.9. The summed E-state index contributed by atoms with van der Waals surface area (Å²) in [6, 6.07) is 5.16. The van der Waals surface area contributed by atoms with Gasteiger partial charge in [0.15, 0.2) is 0 Å². The van der Waals surface area contributed by atoms with Gasteiger partial charge in [-0.25, -0.2) is 8.42 Å². The number of sulfonamides is 1. The molecule has 8 heteroatoms. The summed E-state index contributed by atoms with van der Waals surface area (Å²) in [7, 11) is -3.67. The lowest BCUT2D eigenvalue weighted by Gasteiger charge is -2.32. The number of anilines is 1. The highest BCUT2D eigenvalue weighted by atomic mass is 32.2. The molecule has 1 aliphatic carbocycles. The van der Waals surface area contributed by atoms with E-state index in [0.29, 0.717) is 37.9 Å². The van der Waals surface area contributed by atoms with Crippen LogP contribution in [0, 0.1) is 5.92 Å². The zero-order valence-corrected chi connectivity index (χ0v) is 17.5. The largest absolute Gasteiger partial charge is 0.353 e. The van der Waals surface area contributed by atoms with Crippen molar-refractivity contribution in [3.8, 4) is 0 Å². The van der Waals surface area contributed by atoms with Gasteiger partial charge in [0, 0.05) is 31.2 Å². The number of fused-ring (bicyclic) bond motifs is 1. The Morgan fingerprint density at radius 2 is 1.86 bits per heavy atom. The van der Waals surface area contributed by atoms with Crippen LogP contribution in [0.4, 0.5) is 5.69 Å². The van der Waals surface area contributed by atoms with E-state index in [9.17, 15) is 18.0 Å². The van der Waals surface area contributed by atoms with Crippen LogP contribution in [0.25, 0.3) is 0 Å². The summed E-state index contributed by atoms with van der Waals surface area (Å²) in [5.74, 6) is -0.341. The van der Waals surface area contributed by atoms with Crippen LogP contribution in [0.1, 0.15) is 56.9 Å². The molecule has 0 spiro atoms. The van der Waals surface area contributed by atoms with Crippen LogP contribution >= 0.6 is 0 Å². The van der Waals surface area contributed by atoms with Crippen molar-refractivity contribution in [3.05, 3.63) is 23.8 Å². The number of benzene rings is 1. The fourth-order valence-corrected chi connectivity index (χ4v) is 6.20. The molecule has 1 atom stereocenters. The first kappa shape index (κ1) is 20.3. The van der Waals surface area contributed by atoms with Crippen LogP contribution in [0.15, 0.2) is 23.1 Å². The molecule has 2 aliphatic heterocycles. The molecule has 7 nitrogen and oxygen atoms in total. The third-order valence-corrected chi connectivity index (χ3v) is 8.16. The Balaban J connectivity index is 1.48. The molecule has 0 aromatic heterocycles. The SMILES string of the molecule is O=C1CCCc2cc(S(=O)(=O)N3CCCC(C(=O)NC4CCCC4)C3)ccc2N1. The number of carbonyl (C=O) groups is 2. The van der Waals surface area contributed by atoms with E-state index in [1.165, 1.54) is 4.31 Å². The van der Waals surface area contributed by atoms with Crippen LogP contribution in [0.2, 0.25) is 0 Å². The predicted molar refractivity (Wildman–Crippen MR) is 110 cm³/mol. The molecule has 1 saturated carbocycles. The fourth-order valence-electron chi connectivity index (χ4n) is 4.62. The third kappa shape index (κ3) is 4.48. The highest BCUT2D eigenvalue weighted by molar-refractivity contribution is 7.89. The lowest BCUT2D eigenvalue weighted by atomic mass is 9.98. The van der Waals surface area contributed by atoms with Crippen molar-refractivity contribution in [1.82, 2.24) is 9.62 Å². The summed E-state index contributed by atoms with van der Waals surface area (Å²) in [5.41, 5.74) is 1.54. The average molecular weight is 420 g/mol. The van der Waals surface area contributed by atoms with Gasteiger partial charge in [-0.2, -0.15) is 4.31 Å². The number of nitrogens with one attached hydrogen (secondary N) is 2. The van der Waals surface area contributed by atoms with E-state index in [1.807, 2.05) is 0 Å². The molecule has 2 amide bonds. The first-order chi connectivity index (χ1) is 13.9. The van der Waals surface area contributed by atoms with Gasteiger partial charge in [-0.1, -0.05) is 12.8 Å². The highest BCUT2D eigenvalue weighted by Crippen LogP contribution is 2.29. The van der Waals surface area contributed by atoms with E-state index < -0.39 is 10.0 Å². The topological polar surface area (TPSA) is 95.6 Å². The Labute approximate surface area is 172 Å². The number of hydrogen-bond donors (Lipinski definition) is 2. The Morgan fingerprint density at radius 3 is 2.66 bits per heavy atom. The van der Waals surface area contributed by atoms with Gasteiger partial charge in [-0.05, 0) is 62.3 Å². The third-order valence-electron chi connectivity index (χ3n) is 6.29. The average Bonchev–Trinajstić information content (AvgIpc) is 3.14. The molecule has 2 heterocycles. The second kappa shape index (κ2) is 8.44. The molecule has 1 aromatic rings. The van der Waals surface area contributed by atoms with Crippen molar-refractivity contribution in [2.45, 2.75) is 68.7 Å². The zero-order valence-electron chi connectivity index (χ0n) is 16.7. The lowest BCUT2D eigenvalue weighted by molar-refractivity contribution is -0.126. The van der Waals surface area contributed by atoms with Gasteiger partial charge in [0.25, 0.3) is 0 Å². The molecule has 158 valence electrons. The van der Waals surface area contributed by atoms with Crippen molar-refractivity contribution in [1.29, 1.82) is 0 Å². The molecule has 3 aliphatic rings. The van der Waals surface area contributed by atoms with Crippen LogP contribution in [0.3, 0.4) is 0 Å². The molecular weight excluding hydrogens is 390 g/mol. The maximum Gasteiger partial charge on any atom is 0.243 e. The van der Waals surface area contributed by atoms with Gasteiger partial charge in [-0.15, -0.1) is 0 Å². The van der Waals surface area contributed by atoms with Crippen molar-refractivity contribution < 1.29 is 18.0 Å². The Kier molecular flexibility index (Phi) is 5.92. The molecule has 0 bridgehead atoms. The normalized spacial score (nSPS) is 23.9. The summed E-state index contributed by atoms with van der Waals surface area (Å²) in [5, 5.41) is 5.95. The van der Waals surface area contributed by atoms with E-state index in [0.717, 1.165) is 37.7 Å². The molecule has 1 aromatic carbocycles. The quantitative estimate of drug-likeness (QED) is 0.783. The van der Waals surface area contributed by atoms with Crippen LogP contribution in [0.5, 0.6) is 0 Å². The fraction of sp³-hybridized carbons (Fsp3) is 0.619. The second-order valence-corrected chi connectivity index (χ2v) is 10.4. The standard InChI is InChI=1S/C21H29N3O4S/c25-20-9-3-5-15-13-18(10-11-19(15)23-20)29(27,28)24-12-4-6-16(14-24)21(26)22-17-7-1-2-8-17/h10-11,13,16-17H,1-9,12,14H2,(H,22,26)(H,23,25). The number of rotatable bonds is 4. The van der Waals surface area contributed by atoms with Crippen molar-refractivity contribution in [3.63, 3.8) is 0 Å². The number of carbonyl (C=O) groups excluding carboxylic acids is 2. The van der Waals surface area contributed by atoms with E-state index >= 15 is 0 Å². The van der Waals surface area contributed by atoms with Gasteiger partial charge in [0.05, 0.1) is 10.8 Å². The van der Waals surface area contributed by atoms with E-state index in [-0.39, 0.29) is 35.2 Å². The summed E-state index contributed by atoms with van der Waals surface area (Å²) >= 11 is 0.